The van der Waals surface area contributed by atoms with E-state index in [0.717, 1.165) is 42.9 Å². The zero-order valence-electron chi connectivity index (χ0n) is 13.2. The highest BCUT2D eigenvalue weighted by atomic mass is 16.5. The number of nitrogens with zero attached hydrogens (tertiary/aromatic N) is 3. The molecular formula is C18H18N4O2. The summed E-state index contributed by atoms with van der Waals surface area (Å²) in [6.07, 6.45) is 4.18. The molecule has 0 bridgehead atoms. The van der Waals surface area contributed by atoms with E-state index < -0.39 is 0 Å². The van der Waals surface area contributed by atoms with Gasteiger partial charge in [-0.2, -0.15) is 4.98 Å². The van der Waals surface area contributed by atoms with Crippen LogP contribution in [0.2, 0.25) is 0 Å². The highest BCUT2D eigenvalue weighted by Gasteiger charge is 2.18. The van der Waals surface area contributed by atoms with Crippen LogP contribution >= 0.6 is 0 Å². The first-order valence-electron chi connectivity index (χ1n) is 8.10. The molecule has 122 valence electrons. The van der Waals surface area contributed by atoms with Crippen molar-refractivity contribution in [2.24, 2.45) is 0 Å². The summed E-state index contributed by atoms with van der Waals surface area (Å²) in [7, 11) is 0. The Kier molecular flexibility index (Phi) is 4.20. The Labute approximate surface area is 139 Å². The maximum Gasteiger partial charge on any atom is 0.261 e. The summed E-state index contributed by atoms with van der Waals surface area (Å²) in [5.74, 6) is 1.76. The number of pyridine rings is 1. The Morgan fingerprint density at radius 3 is 2.88 bits per heavy atom. The lowest BCUT2D eigenvalue weighted by Gasteiger charge is -2.12. The first kappa shape index (κ1) is 14.8. The van der Waals surface area contributed by atoms with Gasteiger partial charge in [-0.3, -0.25) is 0 Å². The van der Waals surface area contributed by atoms with Gasteiger partial charge in [0.05, 0.1) is 11.7 Å². The molecule has 1 N–H and O–H groups in total. The molecular weight excluding hydrogens is 304 g/mol. The fraction of sp³-hybridized carbons (Fsp3) is 0.278. The Balaban J connectivity index is 1.56. The van der Waals surface area contributed by atoms with E-state index in [9.17, 15) is 0 Å². The molecule has 1 fully saturated rings. The van der Waals surface area contributed by atoms with Gasteiger partial charge < -0.3 is 14.6 Å². The van der Waals surface area contributed by atoms with E-state index >= 15 is 0 Å². The van der Waals surface area contributed by atoms with E-state index in [4.69, 9.17) is 9.26 Å². The third kappa shape index (κ3) is 3.14. The minimum atomic E-state index is 0.238. The van der Waals surface area contributed by atoms with Crippen LogP contribution in [0.5, 0.6) is 0 Å². The number of nitrogens with one attached hydrogen (secondary N) is 1. The second kappa shape index (κ2) is 6.80. The first-order chi connectivity index (χ1) is 11.9. The molecule has 4 rings (SSSR count). The Morgan fingerprint density at radius 1 is 1.12 bits per heavy atom. The summed E-state index contributed by atoms with van der Waals surface area (Å²) < 4.78 is 11.1. The largest absolute Gasteiger partial charge is 0.376 e. The molecule has 1 unspecified atom stereocenters. The molecule has 0 amide bonds. The van der Waals surface area contributed by atoms with Crippen LogP contribution in [0.1, 0.15) is 12.8 Å². The molecule has 1 aromatic carbocycles. The number of aromatic nitrogens is 3. The second-order valence-electron chi connectivity index (χ2n) is 5.70. The normalized spacial score (nSPS) is 17.1. The van der Waals surface area contributed by atoms with E-state index in [1.807, 2.05) is 42.5 Å². The van der Waals surface area contributed by atoms with Gasteiger partial charge in [0.2, 0.25) is 5.82 Å². The molecule has 6 nitrogen and oxygen atoms in total. The fourth-order valence-electron chi connectivity index (χ4n) is 2.77. The van der Waals surface area contributed by atoms with Crippen LogP contribution < -0.4 is 5.32 Å². The first-order valence-corrected chi connectivity index (χ1v) is 8.10. The molecule has 6 heteroatoms. The molecule has 3 aromatic rings. The molecule has 0 saturated carbocycles. The van der Waals surface area contributed by atoms with Gasteiger partial charge in [-0.05, 0) is 25.0 Å². The lowest BCUT2D eigenvalue weighted by Crippen LogP contribution is -2.19. The van der Waals surface area contributed by atoms with Crippen molar-refractivity contribution < 1.29 is 9.26 Å². The van der Waals surface area contributed by atoms with E-state index in [1.165, 1.54) is 0 Å². The number of ether oxygens (including phenoxy) is 1. The second-order valence-corrected chi connectivity index (χ2v) is 5.70. The van der Waals surface area contributed by atoms with Gasteiger partial charge in [0.1, 0.15) is 5.82 Å². The smallest absolute Gasteiger partial charge is 0.261 e. The Morgan fingerprint density at radius 2 is 2.04 bits per heavy atom. The number of rotatable bonds is 5. The molecule has 1 saturated heterocycles. The average molecular weight is 322 g/mol. The SMILES string of the molecule is c1ccc(-c2noc(-c3cccnc3NCC3CCCO3)n2)cc1. The van der Waals surface area contributed by atoms with Gasteiger partial charge in [-0.25, -0.2) is 4.98 Å². The predicted molar refractivity (Wildman–Crippen MR) is 90.4 cm³/mol. The van der Waals surface area contributed by atoms with E-state index in [-0.39, 0.29) is 6.10 Å². The summed E-state index contributed by atoms with van der Waals surface area (Å²) in [4.78, 5) is 8.91. The molecule has 0 radical (unpaired) electrons. The summed E-state index contributed by atoms with van der Waals surface area (Å²) in [5.41, 5.74) is 1.72. The topological polar surface area (TPSA) is 73.1 Å². The van der Waals surface area contributed by atoms with E-state index in [1.54, 1.807) is 6.20 Å². The third-order valence-electron chi connectivity index (χ3n) is 4.02. The monoisotopic (exact) mass is 322 g/mol. The van der Waals surface area contributed by atoms with Gasteiger partial charge in [0, 0.05) is 24.9 Å². The minimum absolute atomic E-state index is 0.238. The Bertz CT molecular complexity index is 798. The maximum absolute atomic E-state index is 5.64. The maximum atomic E-state index is 5.64. The van der Waals surface area contributed by atoms with Crippen molar-refractivity contribution in [3.8, 4) is 22.8 Å². The van der Waals surface area contributed by atoms with Crippen molar-refractivity contribution in [1.29, 1.82) is 0 Å². The Hall–Kier alpha value is -2.73. The van der Waals surface area contributed by atoms with Crippen LogP contribution in [0.15, 0.2) is 53.2 Å². The van der Waals surface area contributed by atoms with Crippen LogP contribution in [0.3, 0.4) is 0 Å². The number of hydrogen-bond donors (Lipinski definition) is 1. The van der Waals surface area contributed by atoms with Crippen molar-refractivity contribution in [3.05, 3.63) is 48.7 Å². The van der Waals surface area contributed by atoms with Gasteiger partial charge >= 0.3 is 0 Å². The third-order valence-corrected chi connectivity index (χ3v) is 4.02. The molecule has 1 aliphatic heterocycles. The standard InChI is InChI=1S/C18H18N4O2/c1-2-6-13(7-3-1)16-21-18(24-22-16)15-9-4-10-19-17(15)20-12-14-8-5-11-23-14/h1-4,6-7,9-10,14H,5,8,11-12H2,(H,19,20). The van der Waals surface area contributed by atoms with Crippen molar-refractivity contribution in [3.63, 3.8) is 0 Å². The molecule has 3 heterocycles. The van der Waals surface area contributed by atoms with Gasteiger partial charge in [0.15, 0.2) is 0 Å². The number of anilines is 1. The highest BCUT2D eigenvalue weighted by Crippen LogP contribution is 2.27. The van der Waals surface area contributed by atoms with Crippen molar-refractivity contribution >= 4 is 5.82 Å². The summed E-state index contributed by atoms with van der Waals surface area (Å²) in [6, 6.07) is 13.5. The summed E-state index contributed by atoms with van der Waals surface area (Å²) in [6.45, 7) is 1.56. The number of hydrogen-bond acceptors (Lipinski definition) is 6. The van der Waals surface area contributed by atoms with Gasteiger partial charge in [-0.15, -0.1) is 0 Å². The molecule has 2 aromatic heterocycles. The average Bonchev–Trinajstić information content (AvgIpc) is 3.33. The lowest BCUT2D eigenvalue weighted by molar-refractivity contribution is 0.120. The summed E-state index contributed by atoms with van der Waals surface area (Å²) in [5, 5.41) is 7.41. The van der Waals surface area contributed by atoms with E-state index in [2.05, 4.69) is 20.4 Å². The molecule has 0 aliphatic carbocycles. The lowest BCUT2D eigenvalue weighted by atomic mass is 10.2. The fourth-order valence-corrected chi connectivity index (χ4v) is 2.77. The van der Waals surface area contributed by atoms with Crippen molar-refractivity contribution in [1.82, 2.24) is 15.1 Å². The molecule has 1 atom stereocenters. The predicted octanol–water partition coefficient (Wildman–Crippen LogP) is 3.39. The van der Waals surface area contributed by atoms with Crippen molar-refractivity contribution in [2.75, 3.05) is 18.5 Å². The zero-order valence-corrected chi connectivity index (χ0v) is 13.2. The van der Waals surface area contributed by atoms with Crippen LogP contribution in [-0.4, -0.2) is 34.4 Å². The molecule has 1 aliphatic rings. The zero-order chi connectivity index (χ0) is 16.2. The summed E-state index contributed by atoms with van der Waals surface area (Å²) >= 11 is 0. The van der Waals surface area contributed by atoms with E-state index in [0.29, 0.717) is 11.7 Å². The van der Waals surface area contributed by atoms with Crippen LogP contribution in [0.25, 0.3) is 22.8 Å². The van der Waals surface area contributed by atoms with Gasteiger partial charge in [0.25, 0.3) is 5.89 Å². The van der Waals surface area contributed by atoms with Crippen LogP contribution in [0.4, 0.5) is 5.82 Å². The minimum Gasteiger partial charge on any atom is -0.376 e. The molecule has 24 heavy (non-hydrogen) atoms. The highest BCUT2D eigenvalue weighted by molar-refractivity contribution is 5.70. The van der Waals surface area contributed by atoms with Gasteiger partial charge in [-0.1, -0.05) is 35.5 Å². The van der Waals surface area contributed by atoms with Crippen LogP contribution in [-0.2, 0) is 4.74 Å². The number of benzene rings is 1. The molecule has 0 spiro atoms. The van der Waals surface area contributed by atoms with Crippen molar-refractivity contribution in [2.45, 2.75) is 18.9 Å². The quantitative estimate of drug-likeness (QED) is 0.776. The van der Waals surface area contributed by atoms with Crippen LogP contribution in [0, 0.1) is 0 Å².